The molecule has 0 radical (unpaired) electrons. The minimum Gasteiger partial charge on any atom is -0.388 e. The van der Waals surface area contributed by atoms with Gasteiger partial charge in [0, 0.05) is 0 Å². The maximum Gasteiger partial charge on any atom is 0.391 e. The summed E-state index contributed by atoms with van der Waals surface area (Å²) in [5, 5.41) is 9.69. The second-order valence-electron chi connectivity index (χ2n) is 4.59. The van der Waals surface area contributed by atoms with Crippen molar-refractivity contribution in [3.8, 4) is 0 Å². The molecule has 0 aromatic heterocycles. The van der Waals surface area contributed by atoms with Crippen molar-refractivity contribution in [2.75, 3.05) is 0 Å². The summed E-state index contributed by atoms with van der Waals surface area (Å²) in [6, 6.07) is 6.93. The molecule has 1 unspecified atom stereocenters. The Bertz CT molecular complexity index is 382. The number of halogens is 3. The fourth-order valence-electron chi connectivity index (χ4n) is 2.23. The fraction of sp³-hybridized carbons (Fsp3) is 0.538. The zero-order chi connectivity index (χ0) is 12.5. The standard InChI is InChI=1S/C13H15F3O/c14-13(15,16)8-12(17)11-7-2-1-6-10(11)9-4-3-5-9/h1-2,6-7,9,12,17H,3-5,8H2. The van der Waals surface area contributed by atoms with Gasteiger partial charge in [0.05, 0.1) is 12.5 Å². The van der Waals surface area contributed by atoms with Crippen LogP contribution in [0.2, 0.25) is 0 Å². The van der Waals surface area contributed by atoms with Crippen molar-refractivity contribution in [2.45, 2.75) is 43.9 Å². The van der Waals surface area contributed by atoms with Crippen LogP contribution in [0.4, 0.5) is 13.2 Å². The van der Waals surface area contributed by atoms with Gasteiger partial charge in [0.15, 0.2) is 0 Å². The Kier molecular flexibility index (Phi) is 3.43. The van der Waals surface area contributed by atoms with Crippen LogP contribution in [-0.2, 0) is 0 Å². The van der Waals surface area contributed by atoms with Crippen LogP contribution in [0.25, 0.3) is 0 Å². The number of aliphatic hydroxyl groups excluding tert-OH is 1. The van der Waals surface area contributed by atoms with Gasteiger partial charge < -0.3 is 5.11 Å². The second kappa shape index (κ2) is 4.69. The maximum atomic E-state index is 12.3. The van der Waals surface area contributed by atoms with Gasteiger partial charge in [0.1, 0.15) is 0 Å². The van der Waals surface area contributed by atoms with Crippen molar-refractivity contribution in [1.29, 1.82) is 0 Å². The van der Waals surface area contributed by atoms with Crippen molar-refractivity contribution in [3.63, 3.8) is 0 Å². The Balaban J connectivity index is 2.19. The van der Waals surface area contributed by atoms with Gasteiger partial charge in [-0.3, -0.25) is 0 Å². The minimum atomic E-state index is -4.33. The number of benzene rings is 1. The molecular weight excluding hydrogens is 229 g/mol. The van der Waals surface area contributed by atoms with E-state index in [-0.39, 0.29) is 0 Å². The largest absolute Gasteiger partial charge is 0.391 e. The Hall–Kier alpha value is -1.03. The zero-order valence-corrected chi connectivity index (χ0v) is 9.37. The first-order chi connectivity index (χ1) is 7.97. The highest BCUT2D eigenvalue weighted by atomic mass is 19.4. The van der Waals surface area contributed by atoms with E-state index in [4.69, 9.17) is 0 Å². The van der Waals surface area contributed by atoms with E-state index in [1.54, 1.807) is 12.1 Å². The number of aliphatic hydroxyl groups is 1. The first kappa shape index (κ1) is 12.4. The summed E-state index contributed by atoms with van der Waals surface area (Å²) in [7, 11) is 0. The molecule has 1 N–H and O–H groups in total. The summed E-state index contributed by atoms with van der Waals surface area (Å²) in [5.74, 6) is 0.328. The molecule has 1 saturated carbocycles. The predicted octanol–water partition coefficient (Wildman–Crippen LogP) is 3.94. The van der Waals surface area contributed by atoms with Gasteiger partial charge >= 0.3 is 6.18 Å². The van der Waals surface area contributed by atoms with E-state index in [0.29, 0.717) is 11.5 Å². The number of alkyl halides is 3. The lowest BCUT2D eigenvalue weighted by molar-refractivity contribution is -0.154. The molecule has 2 rings (SSSR count). The van der Waals surface area contributed by atoms with Crippen LogP contribution in [0.15, 0.2) is 24.3 Å². The molecule has 1 atom stereocenters. The molecule has 1 aromatic carbocycles. The first-order valence-electron chi connectivity index (χ1n) is 5.81. The van der Waals surface area contributed by atoms with Crippen molar-refractivity contribution < 1.29 is 18.3 Å². The van der Waals surface area contributed by atoms with Crippen molar-refractivity contribution >= 4 is 0 Å². The quantitative estimate of drug-likeness (QED) is 0.853. The van der Waals surface area contributed by atoms with E-state index in [1.165, 1.54) is 0 Å². The molecule has 4 heteroatoms. The third-order valence-electron chi connectivity index (χ3n) is 3.32. The predicted molar refractivity (Wildman–Crippen MR) is 58.7 cm³/mol. The summed E-state index contributed by atoms with van der Waals surface area (Å²) >= 11 is 0. The van der Waals surface area contributed by atoms with Gasteiger partial charge in [0.25, 0.3) is 0 Å². The molecule has 1 aromatic rings. The van der Waals surface area contributed by atoms with E-state index in [0.717, 1.165) is 24.8 Å². The van der Waals surface area contributed by atoms with Crippen LogP contribution in [-0.4, -0.2) is 11.3 Å². The van der Waals surface area contributed by atoms with Crippen LogP contribution in [0.1, 0.15) is 48.8 Å². The summed E-state index contributed by atoms with van der Waals surface area (Å²) in [6.45, 7) is 0. The fourth-order valence-corrected chi connectivity index (χ4v) is 2.23. The van der Waals surface area contributed by atoms with E-state index in [1.807, 2.05) is 12.1 Å². The lowest BCUT2D eigenvalue weighted by atomic mass is 9.77. The molecular formula is C13H15F3O. The van der Waals surface area contributed by atoms with Crippen molar-refractivity contribution in [3.05, 3.63) is 35.4 Å². The topological polar surface area (TPSA) is 20.2 Å². The van der Waals surface area contributed by atoms with E-state index in [9.17, 15) is 18.3 Å². The van der Waals surface area contributed by atoms with E-state index >= 15 is 0 Å². The van der Waals surface area contributed by atoms with E-state index in [2.05, 4.69) is 0 Å². The average molecular weight is 244 g/mol. The molecule has 1 aliphatic carbocycles. The lowest BCUT2D eigenvalue weighted by Crippen LogP contribution is -2.17. The summed E-state index contributed by atoms with van der Waals surface area (Å²) < 4.78 is 36.8. The van der Waals surface area contributed by atoms with Gasteiger partial charge in [-0.2, -0.15) is 13.2 Å². The van der Waals surface area contributed by atoms with Gasteiger partial charge in [-0.05, 0) is 29.9 Å². The highest BCUT2D eigenvalue weighted by molar-refractivity contribution is 5.33. The highest BCUT2D eigenvalue weighted by Crippen LogP contribution is 2.41. The molecule has 0 amide bonds. The Morgan fingerprint density at radius 1 is 1.24 bits per heavy atom. The molecule has 94 valence electrons. The van der Waals surface area contributed by atoms with Crippen LogP contribution in [0.3, 0.4) is 0 Å². The Morgan fingerprint density at radius 3 is 2.41 bits per heavy atom. The molecule has 1 fully saturated rings. The first-order valence-corrected chi connectivity index (χ1v) is 5.81. The number of hydrogen-bond donors (Lipinski definition) is 1. The average Bonchev–Trinajstić information content (AvgIpc) is 2.13. The third kappa shape index (κ3) is 3.00. The summed E-state index contributed by atoms with van der Waals surface area (Å²) in [6.07, 6.45) is -3.80. The second-order valence-corrected chi connectivity index (χ2v) is 4.59. The molecule has 0 spiro atoms. The molecule has 17 heavy (non-hydrogen) atoms. The molecule has 0 heterocycles. The molecule has 1 aliphatic rings. The maximum absolute atomic E-state index is 12.3. The molecule has 1 nitrogen and oxygen atoms in total. The van der Waals surface area contributed by atoms with Gasteiger partial charge in [-0.1, -0.05) is 30.7 Å². The summed E-state index contributed by atoms with van der Waals surface area (Å²) in [5.41, 5.74) is 1.32. The molecule has 0 saturated heterocycles. The lowest BCUT2D eigenvalue weighted by Gasteiger charge is -2.29. The van der Waals surface area contributed by atoms with Gasteiger partial charge in [-0.15, -0.1) is 0 Å². The Morgan fingerprint density at radius 2 is 1.88 bits per heavy atom. The number of hydrogen-bond acceptors (Lipinski definition) is 1. The molecule has 0 aliphatic heterocycles. The smallest absolute Gasteiger partial charge is 0.388 e. The van der Waals surface area contributed by atoms with Gasteiger partial charge in [-0.25, -0.2) is 0 Å². The van der Waals surface area contributed by atoms with Crippen LogP contribution >= 0.6 is 0 Å². The summed E-state index contributed by atoms with van der Waals surface area (Å²) in [4.78, 5) is 0. The van der Waals surface area contributed by atoms with Crippen molar-refractivity contribution in [1.82, 2.24) is 0 Å². The van der Waals surface area contributed by atoms with Crippen LogP contribution in [0, 0.1) is 0 Å². The molecule has 0 bridgehead atoms. The minimum absolute atomic E-state index is 0.328. The number of rotatable bonds is 3. The normalized spacial score (nSPS) is 18.8. The van der Waals surface area contributed by atoms with Crippen LogP contribution < -0.4 is 0 Å². The highest BCUT2D eigenvalue weighted by Gasteiger charge is 2.33. The monoisotopic (exact) mass is 244 g/mol. The third-order valence-corrected chi connectivity index (χ3v) is 3.32. The SMILES string of the molecule is OC(CC(F)(F)F)c1ccccc1C1CCC1. The van der Waals surface area contributed by atoms with E-state index < -0.39 is 18.7 Å². The zero-order valence-electron chi connectivity index (χ0n) is 9.37. The van der Waals surface area contributed by atoms with Gasteiger partial charge in [0.2, 0.25) is 0 Å². The Labute approximate surface area is 98.3 Å². The van der Waals surface area contributed by atoms with Crippen molar-refractivity contribution in [2.24, 2.45) is 0 Å². The van der Waals surface area contributed by atoms with Crippen LogP contribution in [0.5, 0.6) is 0 Å².